The van der Waals surface area contributed by atoms with Gasteiger partial charge in [-0.05, 0) is 74.2 Å². The number of hydrogen-bond acceptors (Lipinski definition) is 2. The number of hydrogen-bond donors (Lipinski definition) is 1. The average molecular weight is 285 g/mol. The first-order valence-electron chi connectivity index (χ1n) is 7.53. The molecule has 0 atom stereocenters. The molecule has 0 amide bonds. The molecule has 0 unspecified atom stereocenters. The van der Waals surface area contributed by atoms with E-state index in [0.717, 1.165) is 25.3 Å². The molecule has 0 saturated carbocycles. The largest absolute Gasteiger partial charge is 0.457 e. The predicted octanol–water partition coefficient (Wildman–Crippen LogP) is 4.16. The first-order chi connectivity index (χ1) is 10.3. The summed E-state index contributed by atoms with van der Waals surface area (Å²) in [5.41, 5.74) is 1.23. The second kappa shape index (κ2) is 6.72. The normalized spacial score (nSPS) is 15.9. The van der Waals surface area contributed by atoms with Crippen LogP contribution in [0.3, 0.4) is 0 Å². The van der Waals surface area contributed by atoms with Crippen molar-refractivity contribution in [1.29, 1.82) is 0 Å². The van der Waals surface area contributed by atoms with Gasteiger partial charge in [-0.3, -0.25) is 0 Å². The number of benzene rings is 2. The molecule has 2 nitrogen and oxygen atoms in total. The molecule has 1 aliphatic heterocycles. The molecule has 1 saturated heterocycles. The fourth-order valence-electron chi connectivity index (χ4n) is 2.80. The van der Waals surface area contributed by atoms with Crippen molar-refractivity contribution < 1.29 is 9.13 Å². The van der Waals surface area contributed by atoms with Gasteiger partial charge in [-0.1, -0.05) is 18.2 Å². The standard InChI is InChI=1S/C18H20FNO/c19-16-5-7-17(8-6-16)21-18-4-2-1-3-15(18)13-14-9-11-20-12-10-14/h1-8,14,20H,9-13H2. The highest BCUT2D eigenvalue weighted by Gasteiger charge is 2.15. The summed E-state index contributed by atoms with van der Waals surface area (Å²) in [5, 5.41) is 3.39. The molecule has 1 N–H and O–H groups in total. The third kappa shape index (κ3) is 3.82. The lowest BCUT2D eigenvalue weighted by atomic mass is 9.90. The second-order valence-electron chi connectivity index (χ2n) is 5.56. The van der Waals surface area contributed by atoms with Crippen LogP contribution in [0.1, 0.15) is 18.4 Å². The van der Waals surface area contributed by atoms with Gasteiger partial charge < -0.3 is 10.1 Å². The number of halogens is 1. The number of nitrogens with one attached hydrogen (secondary N) is 1. The highest BCUT2D eigenvalue weighted by Crippen LogP contribution is 2.29. The zero-order chi connectivity index (χ0) is 14.5. The molecule has 0 radical (unpaired) electrons. The van der Waals surface area contributed by atoms with Crippen molar-refractivity contribution in [1.82, 2.24) is 5.32 Å². The Morgan fingerprint density at radius 2 is 1.71 bits per heavy atom. The Morgan fingerprint density at radius 3 is 2.48 bits per heavy atom. The molecule has 1 aliphatic rings. The number of ether oxygens (including phenoxy) is 1. The van der Waals surface area contributed by atoms with Crippen LogP contribution in [-0.2, 0) is 6.42 Å². The molecule has 0 bridgehead atoms. The molecule has 1 fully saturated rings. The van der Waals surface area contributed by atoms with E-state index in [1.54, 1.807) is 12.1 Å². The van der Waals surface area contributed by atoms with Crippen LogP contribution in [0.15, 0.2) is 48.5 Å². The van der Waals surface area contributed by atoms with Crippen molar-refractivity contribution in [2.24, 2.45) is 5.92 Å². The maximum atomic E-state index is 13.0. The lowest BCUT2D eigenvalue weighted by molar-refractivity contribution is 0.367. The van der Waals surface area contributed by atoms with Gasteiger partial charge in [0, 0.05) is 0 Å². The first kappa shape index (κ1) is 14.1. The number of piperidine rings is 1. The van der Waals surface area contributed by atoms with Gasteiger partial charge in [0.1, 0.15) is 17.3 Å². The van der Waals surface area contributed by atoms with E-state index in [-0.39, 0.29) is 5.82 Å². The van der Waals surface area contributed by atoms with Crippen molar-refractivity contribution in [3.63, 3.8) is 0 Å². The molecular formula is C18H20FNO. The molecule has 110 valence electrons. The topological polar surface area (TPSA) is 21.3 Å². The van der Waals surface area contributed by atoms with E-state index in [0.29, 0.717) is 11.7 Å². The van der Waals surface area contributed by atoms with E-state index < -0.39 is 0 Å². The maximum Gasteiger partial charge on any atom is 0.130 e. The van der Waals surface area contributed by atoms with Crippen LogP contribution in [0, 0.1) is 11.7 Å². The number of rotatable bonds is 4. The van der Waals surface area contributed by atoms with Gasteiger partial charge in [0.25, 0.3) is 0 Å². The first-order valence-corrected chi connectivity index (χ1v) is 7.53. The minimum absolute atomic E-state index is 0.245. The van der Waals surface area contributed by atoms with Crippen LogP contribution in [0.5, 0.6) is 11.5 Å². The van der Waals surface area contributed by atoms with Crippen LogP contribution in [-0.4, -0.2) is 13.1 Å². The zero-order valence-corrected chi connectivity index (χ0v) is 12.0. The predicted molar refractivity (Wildman–Crippen MR) is 82.2 cm³/mol. The molecule has 0 aromatic heterocycles. The van der Waals surface area contributed by atoms with Crippen molar-refractivity contribution in [2.45, 2.75) is 19.3 Å². The molecule has 21 heavy (non-hydrogen) atoms. The third-order valence-corrected chi connectivity index (χ3v) is 3.98. The van der Waals surface area contributed by atoms with Crippen LogP contribution < -0.4 is 10.1 Å². The van der Waals surface area contributed by atoms with Crippen LogP contribution in [0.4, 0.5) is 4.39 Å². The quantitative estimate of drug-likeness (QED) is 0.910. The Labute approximate surface area is 125 Å². The average Bonchev–Trinajstić information content (AvgIpc) is 2.52. The summed E-state index contributed by atoms with van der Waals surface area (Å²) in [6.07, 6.45) is 3.47. The Hall–Kier alpha value is -1.87. The van der Waals surface area contributed by atoms with Crippen LogP contribution in [0.2, 0.25) is 0 Å². The van der Waals surface area contributed by atoms with Gasteiger partial charge in [-0.25, -0.2) is 4.39 Å². The summed E-state index contributed by atoms with van der Waals surface area (Å²) in [6.45, 7) is 2.21. The minimum atomic E-state index is -0.245. The van der Waals surface area contributed by atoms with Gasteiger partial charge in [0.05, 0.1) is 0 Å². The summed E-state index contributed by atoms with van der Waals surface area (Å²) in [6, 6.07) is 14.3. The summed E-state index contributed by atoms with van der Waals surface area (Å²) in [4.78, 5) is 0. The maximum absolute atomic E-state index is 13.0. The van der Waals surface area contributed by atoms with E-state index in [2.05, 4.69) is 11.4 Å². The van der Waals surface area contributed by atoms with Gasteiger partial charge in [0.15, 0.2) is 0 Å². The van der Waals surface area contributed by atoms with Gasteiger partial charge in [0.2, 0.25) is 0 Å². The minimum Gasteiger partial charge on any atom is -0.457 e. The molecule has 3 rings (SSSR count). The van der Waals surface area contributed by atoms with E-state index in [1.807, 2.05) is 18.2 Å². The van der Waals surface area contributed by atoms with Crippen LogP contribution in [0.25, 0.3) is 0 Å². The summed E-state index contributed by atoms with van der Waals surface area (Å²) in [7, 11) is 0. The summed E-state index contributed by atoms with van der Waals surface area (Å²) >= 11 is 0. The molecule has 3 heteroatoms. The van der Waals surface area contributed by atoms with Crippen molar-refractivity contribution in [2.75, 3.05) is 13.1 Å². The van der Waals surface area contributed by atoms with Gasteiger partial charge in [-0.2, -0.15) is 0 Å². The fraction of sp³-hybridized carbons (Fsp3) is 0.333. The summed E-state index contributed by atoms with van der Waals surface area (Å²) in [5.74, 6) is 2.02. The molecular weight excluding hydrogens is 265 g/mol. The number of para-hydroxylation sites is 1. The van der Waals surface area contributed by atoms with E-state index in [1.165, 1.54) is 30.5 Å². The van der Waals surface area contributed by atoms with Crippen LogP contribution >= 0.6 is 0 Å². The Bertz CT molecular complexity index is 576. The van der Waals surface area contributed by atoms with Crippen molar-refractivity contribution in [3.8, 4) is 11.5 Å². The summed E-state index contributed by atoms with van der Waals surface area (Å²) < 4.78 is 18.9. The fourth-order valence-corrected chi connectivity index (χ4v) is 2.80. The highest BCUT2D eigenvalue weighted by atomic mass is 19.1. The second-order valence-corrected chi connectivity index (χ2v) is 5.56. The molecule has 1 heterocycles. The van der Waals surface area contributed by atoms with Crippen molar-refractivity contribution in [3.05, 3.63) is 59.9 Å². The molecule has 2 aromatic rings. The van der Waals surface area contributed by atoms with Gasteiger partial charge in [-0.15, -0.1) is 0 Å². The Kier molecular flexibility index (Phi) is 4.51. The lowest BCUT2D eigenvalue weighted by Crippen LogP contribution is -2.28. The van der Waals surface area contributed by atoms with E-state index in [4.69, 9.17) is 4.74 Å². The van der Waals surface area contributed by atoms with Crippen molar-refractivity contribution >= 4 is 0 Å². The third-order valence-electron chi connectivity index (χ3n) is 3.98. The molecule has 2 aromatic carbocycles. The van der Waals surface area contributed by atoms with E-state index in [9.17, 15) is 4.39 Å². The SMILES string of the molecule is Fc1ccc(Oc2ccccc2CC2CCNCC2)cc1. The monoisotopic (exact) mass is 285 g/mol. The molecule has 0 spiro atoms. The highest BCUT2D eigenvalue weighted by molar-refractivity contribution is 5.38. The van der Waals surface area contributed by atoms with E-state index >= 15 is 0 Å². The Morgan fingerprint density at radius 1 is 1.00 bits per heavy atom. The zero-order valence-electron chi connectivity index (χ0n) is 12.0. The Balaban J connectivity index is 1.73. The molecule has 0 aliphatic carbocycles. The van der Waals surface area contributed by atoms with Gasteiger partial charge >= 0.3 is 0 Å². The smallest absolute Gasteiger partial charge is 0.130 e. The lowest BCUT2D eigenvalue weighted by Gasteiger charge is -2.23.